The van der Waals surface area contributed by atoms with Gasteiger partial charge in [0.05, 0.1) is 65.7 Å². The summed E-state index contributed by atoms with van der Waals surface area (Å²) in [5.74, 6) is 2.38. The second-order valence-electron chi connectivity index (χ2n) is 20.3. The lowest BCUT2D eigenvalue weighted by Crippen LogP contribution is -2.61. The molecular formula is C51H76N4O12. The van der Waals surface area contributed by atoms with Crippen LogP contribution in [0.4, 0.5) is 0 Å². The quantitative estimate of drug-likeness (QED) is 0.154. The Morgan fingerprint density at radius 3 is 2.37 bits per heavy atom. The number of H-pyrrole nitrogens is 1. The Hall–Kier alpha value is -3.60. The number of hydrogen-bond donors (Lipinski definition) is 3. The molecule has 0 radical (unpaired) electrons. The van der Waals surface area contributed by atoms with Gasteiger partial charge >= 0.3 is 5.97 Å². The maximum Gasteiger partial charge on any atom is 0.311 e. The highest BCUT2D eigenvalue weighted by molar-refractivity contribution is 5.84. The minimum absolute atomic E-state index is 0.0465. The fourth-order valence-electron chi connectivity index (χ4n) is 11.2. The molecule has 18 atom stereocenters. The average Bonchev–Trinajstić information content (AvgIpc) is 3.90. The molecule has 16 heteroatoms. The fourth-order valence-corrected chi connectivity index (χ4v) is 11.2. The van der Waals surface area contributed by atoms with Crippen LogP contribution in [0.1, 0.15) is 101 Å². The van der Waals surface area contributed by atoms with Gasteiger partial charge in [-0.2, -0.15) is 0 Å². The number of ketones is 1. The highest BCUT2D eigenvalue weighted by Gasteiger charge is 2.57. The van der Waals surface area contributed by atoms with Crippen molar-refractivity contribution >= 4 is 11.8 Å². The zero-order valence-electron chi connectivity index (χ0n) is 41.8. The second kappa shape index (κ2) is 21.6. The van der Waals surface area contributed by atoms with E-state index in [1.807, 2.05) is 79.6 Å². The minimum Gasteiger partial charge on any atom is -0.459 e. The van der Waals surface area contributed by atoms with Crippen LogP contribution < -0.4 is 0 Å². The van der Waals surface area contributed by atoms with E-state index < -0.39 is 102 Å². The summed E-state index contributed by atoms with van der Waals surface area (Å²) in [5.41, 5.74) is -0.647. The van der Waals surface area contributed by atoms with Gasteiger partial charge in [-0.05, 0) is 98.5 Å². The van der Waals surface area contributed by atoms with Gasteiger partial charge < -0.3 is 58.0 Å². The number of aromatic amines is 1. The first-order chi connectivity index (χ1) is 31.6. The highest BCUT2D eigenvalue weighted by atomic mass is 16.7. The van der Waals surface area contributed by atoms with Crippen LogP contribution in [0.3, 0.4) is 0 Å². The number of hydrogen-bond acceptors (Lipinski definition) is 15. The van der Waals surface area contributed by atoms with Crippen molar-refractivity contribution in [2.75, 3.05) is 34.4 Å². The SMILES string of the molecule is C=C1CO[C@]2(C)[C@@H](CC)OC(=O)[C@H](C)[C@@H](O[C@H]3C[C@@](C)(OC)C(O)[C@H](C)O3)[C@H](C)[C@@H](O[C@@H]3O[C@H](C)C[C@H](N(C)C)[C@H]3O)[C@](C)(OCC#Cc3ccc(-c4cnccn4)[nH]3)CC(C)C(=O)C(C)[C@H]12. The molecule has 372 valence electrons. The van der Waals surface area contributed by atoms with Crippen molar-refractivity contribution in [3.05, 3.63) is 48.6 Å². The van der Waals surface area contributed by atoms with Gasteiger partial charge in [0, 0.05) is 55.6 Å². The molecule has 3 unspecified atom stereocenters. The summed E-state index contributed by atoms with van der Waals surface area (Å²) >= 11 is 0. The predicted molar refractivity (Wildman–Crippen MR) is 249 cm³/mol. The molecule has 0 amide bonds. The van der Waals surface area contributed by atoms with Crippen LogP contribution >= 0.6 is 0 Å². The molecule has 4 fully saturated rings. The summed E-state index contributed by atoms with van der Waals surface area (Å²) in [5, 5.41) is 23.2. The van der Waals surface area contributed by atoms with E-state index in [0.29, 0.717) is 24.2 Å². The maximum absolute atomic E-state index is 15.0. The van der Waals surface area contributed by atoms with E-state index in [0.717, 1.165) is 11.3 Å². The molecule has 16 nitrogen and oxygen atoms in total. The van der Waals surface area contributed by atoms with Crippen molar-refractivity contribution in [3.8, 4) is 23.2 Å². The van der Waals surface area contributed by atoms with Gasteiger partial charge in [0.1, 0.15) is 42.0 Å². The molecule has 0 spiro atoms. The molecule has 2 aromatic rings. The van der Waals surface area contributed by atoms with Crippen molar-refractivity contribution in [2.45, 2.75) is 173 Å². The summed E-state index contributed by atoms with van der Waals surface area (Å²) in [4.78, 5) is 43.6. The van der Waals surface area contributed by atoms with E-state index in [-0.39, 0.29) is 44.0 Å². The monoisotopic (exact) mass is 937 g/mol. The zero-order chi connectivity index (χ0) is 49.2. The van der Waals surface area contributed by atoms with Crippen LogP contribution in [0.5, 0.6) is 0 Å². The lowest BCUT2D eigenvalue weighted by atomic mass is 9.69. The highest BCUT2D eigenvalue weighted by Crippen LogP contribution is 2.47. The molecular weight excluding hydrogens is 861 g/mol. The predicted octanol–water partition coefficient (Wildman–Crippen LogP) is 5.50. The summed E-state index contributed by atoms with van der Waals surface area (Å²) in [6.45, 7) is 23.1. The Morgan fingerprint density at radius 1 is 0.985 bits per heavy atom. The molecule has 3 N–H and O–H groups in total. The molecule has 4 aliphatic heterocycles. The Kier molecular flexibility index (Phi) is 17.0. The molecule has 6 heterocycles. The number of carbonyl (C=O) groups excluding carboxylic acids is 2. The molecule has 2 aromatic heterocycles. The Labute approximate surface area is 397 Å². The summed E-state index contributed by atoms with van der Waals surface area (Å²) < 4.78 is 52.7. The number of cyclic esters (lactones) is 1. The topological polar surface area (TPSA) is 193 Å². The van der Waals surface area contributed by atoms with E-state index in [1.165, 1.54) is 7.11 Å². The van der Waals surface area contributed by atoms with Gasteiger partial charge in [0.25, 0.3) is 0 Å². The van der Waals surface area contributed by atoms with Gasteiger partial charge in [0.15, 0.2) is 12.6 Å². The minimum atomic E-state index is -1.35. The number of fused-ring (bicyclic) bond motifs is 1. The number of aliphatic hydroxyl groups excluding tert-OH is 2. The van der Waals surface area contributed by atoms with Crippen molar-refractivity contribution in [1.82, 2.24) is 19.9 Å². The van der Waals surface area contributed by atoms with Crippen molar-refractivity contribution in [2.24, 2.45) is 29.6 Å². The molecule has 0 aromatic carbocycles. The molecule has 67 heavy (non-hydrogen) atoms. The number of ether oxygens (including phenoxy) is 8. The number of aliphatic hydroxyl groups is 2. The molecule has 6 rings (SSSR count). The van der Waals surface area contributed by atoms with Crippen LogP contribution in [-0.2, 0) is 47.5 Å². The number of likely N-dealkylation sites (N-methyl/N-ethyl adjacent to an activating group) is 1. The summed E-state index contributed by atoms with van der Waals surface area (Å²) in [6, 6.07) is 3.41. The number of methoxy groups -OCH3 is 1. The van der Waals surface area contributed by atoms with E-state index in [2.05, 4.69) is 33.4 Å². The number of carbonyl (C=O) groups is 2. The van der Waals surface area contributed by atoms with Crippen LogP contribution in [0.25, 0.3) is 11.4 Å². The molecule has 4 aliphatic rings. The normalized spacial score (nSPS) is 41.3. The first-order valence-electron chi connectivity index (χ1n) is 23.9. The number of esters is 1. The van der Waals surface area contributed by atoms with E-state index in [1.54, 1.807) is 39.4 Å². The molecule has 0 saturated carbocycles. The number of rotatable bonds is 10. The lowest BCUT2D eigenvalue weighted by molar-refractivity contribution is -0.320. The first kappa shape index (κ1) is 52.8. The number of aromatic nitrogens is 3. The van der Waals surface area contributed by atoms with E-state index >= 15 is 0 Å². The second-order valence-corrected chi connectivity index (χ2v) is 20.3. The smallest absolute Gasteiger partial charge is 0.311 e. The average molecular weight is 937 g/mol. The maximum atomic E-state index is 15.0. The van der Waals surface area contributed by atoms with Gasteiger partial charge in [-0.3, -0.25) is 19.6 Å². The number of nitrogens with one attached hydrogen (secondary N) is 1. The zero-order valence-corrected chi connectivity index (χ0v) is 41.8. The Balaban J connectivity index is 1.48. The fraction of sp³-hybridized carbons (Fsp3) is 0.725. The third-order valence-corrected chi connectivity index (χ3v) is 15.1. The van der Waals surface area contributed by atoms with Crippen LogP contribution in [0, 0.1) is 41.4 Å². The third kappa shape index (κ3) is 11.2. The van der Waals surface area contributed by atoms with Gasteiger partial charge in [-0.1, -0.05) is 40.2 Å². The lowest BCUT2D eigenvalue weighted by Gasteiger charge is -2.50. The largest absolute Gasteiger partial charge is 0.459 e. The molecule has 0 bridgehead atoms. The van der Waals surface area contributed by atoms with Crippen LogP contribution in [-0.4, -0.2) is 154 Å². The van der Waals surface area contributed by atoms with E-state index in [9.17, 15) is 19.8 Å². The van der Waals surface area contributed by atoms with Crippen LogP contribution in [0.15, 0.2) is 42.9 Å². The first-order valence-corrected chi connectivity index (χ1v) is 23.9. The standard InChI is InChI=1S/C51H76N4O12/c1-15-39-51(11)41(29(3)27-62-51)31(5)42(56)28(2)24-50(10,61-22-16-17-35-18-19-36(54-35)37-26-52-20-21-53-37)46(67-48-43(57)38(55(12)13)23-30(4)63-48)32(6)44(33(7)47(59)65-39)66-40-25-49(9,60-14)45(58)34(8)64-40/h18-21,26,28,30-34,38-41,43-46,48,54,57-58H,3,15,22-25,27H2,1-2,4-14H3/t28?,30-,31?,32+,33-,34+,38+,39-,40+,41+,43-,44+,45?,46-,48+,49-,50-,51-/m1/s1. The van der Waals surface area contributed by atoms with Gasteiger partial charge in [-0.15, -0.1) is 0 Å². The number of Topliss-reactive ketones (excluding diaryl/α,β-unsaturated/α-hetero) is 1. The van der Waals surface area contributed by atoms with E-state index in [4.69, 9.17) is 37.9 Å². The van der Waals surface area contributed by atoms with Crippen molar-refractivity contribution < 1.29 is 57.7 Å². The third-order valence-electron chi connectivity index (χ3n) is 15.1. The summed E-state index contributed by atoms with van der Waals surface area (Å²) in [6.07, 6.45) is -1.75. The molecule has 4 saturated heterocycles. The van der Waals surface area contributed by atoms with Gasteiger partial charge in [-0.25, -0.2) is 0 Å². The van der Waals surface area contributed by atoms with Crippen molar-refractivity contribution in [1.29, 1.82) is 0 Å². The Bertz CT molecular complexity index is 2080. The summed E-state index contributed by atoms with van der Waals surface area (Å²) in [7, 11) is 5.34. The van der Waals surface area contributed by atoms with Crippen molar-refractivity contribution in [3.63, 3.8) is 0 Å². The molecule has 0 aliphatic carbocycles. The Morgan fingerprint density at radius 2 is 1.72 bits per heavy atom. The van der Waals surface area contributed by atoms with Gasteiger partial charge in [0.2, 0.25) is 0 Å². The number of nitrogens with zero attached hydrogens (tertiary/aromatic N) is 3. The van der Waals surface area contributed by atoms with Crippen LogP contribution in [0.2, 0.25) is 0 Å².